The van der Waals surface area contributed by atoms with E-state index in [4.69, 9.17) is 49.5 Å². The molecule has 0 aromatic rings. The molecule has 11 nitrogen and oxygen atoms in total. The zero-order valence-electron chi connectivity index (χ0n) is 12.3. The largest absolute Gasteiger partial charge is 3.00 e. The molecule has 0 spiro atoms. The zero-order valence-corrected chi connectivity index (χ0v) is 13.9. The van der Waals surface area contributed by atoms with Crippen molar-refractivity contribution in [2.45, 2.75) is 34.6 Å². The van der Waals surface area contributed by atoms with Gasteiger partial charge in [0.25, 0.3) is 0 Å². The maximum Gasteiger partial charge on any atom is 3.00 e. The third kappa shape index (κ3) is 955. The van der Waals surface area contributed by atoms with Gasteiger partial charge in [0, 0.05) is 29.8 Å². The maximum atomic E-state index is 8.89. The van der Waals surface area contributed by atoms with Gasteiger partial charge in [-0.2, -0.15) is 0 Å². The van der Waals surface area contributed by atoms with Crippen LogP contribution in [0.4, 0.5) is 0 Å². The minimum atomic E-state index is -1.08. The van der Waals surface area contributed by atoms with E-state index in [-0.39, 0.29) is 26.6 Å². The van der Waals surface area contributed by atoms with Crippen LogP contribution in [0.2, 0.25) is 0 Å². The van der Waals surface area contributed by atoms with Crippen molar-refractivity contribution >= 4 is 29.8 Å². The maximum absolute atomic E-state index is 8.89. The van der Waals surface area contributed by atoms with Crippen LogP contribution in [0.3, 0.4) is 0 Å². The topological polar surface area (TPSA) is 231 Å². The number of carbonyl (C=O) groups excluding carboxylic acids is 5. The van der Waals surface area contributed by atoms with Crippen LogP contribution in [0.25, 0.3) is 0 Å². The van der Waals surface area contributed by atoms with E-state index in [1.54, 1.807) is 0 Å². The Morgan fingerprint density at radius 2 is 0.455 bits per heavy atom. The zero-order chi connectivity index (χ0) is 17.9. The second-order valence-electron chi connectivity index (χ2n) is 2.46. The minimum absolute atomic E-state index is 0. The van der Waals surface area contributed by atoms with Gasteiger partial charge in [-0.05, 0) is 34.6 Å². The number of hydrogen-bond donors (Lipinski definition) is 0. The quantitative estimate of drug-likeness (QED) is 0.339. The van der Waals surface area contributed by atoms with E-state index in [2.05, 4.69) is 0 Å². The third-order valence-electron chi connectivity index (χ3n) is 0. The van der Waals surface area contributed by atoms with Crippen molar-refractivity contribution in [1.82, 2.24) is 6.15 Å². The Balaban J connectivity index is -0.0000000250. The first-order valence-corrected chi connectivity index (χ1v) is 4.54. The Bertz CT molecular complexity index is 216. The molecule has 0 aliphatic carbocycles. The van der Waals surface area contributed by atoms with E-state index < -0.39 is 29.8 Å². The van der Waals surface area contributed by atoms with Gasteiger partial charge in [0.05, 0.1) is 0 Å². The molecule has 0 aliphatic heterocycles. The summed E-state index contributed by atoms with van der Waals surface area (Å²) in [7, 11) is 0. The monoisotopic (exact) mass is 415 g/mol. The molecule has 130 valence electrons. The summed E-state index contributed by atoms with van der Waals surface area (Å²) in [5.74, 6) is -5.42. The van der Waals surface area contributed by atoms with E-state index >= 15 is 0 Å². The van der Waals surface area contributed by atoms with Crippen molar-refractivity contribution in [1.29, 1.82) is 0 Å². The molecule has 0 aliphatic rings. The molecule has 0 aromatic carbocycles. The van der Waals surface area contributed by atoms with Crippen LogP contribution in [0, 0.1) is 0 Å². The van der Waals surface area contributed by atoms with Crippen molar-refractivity contribution in [3.8, 4) is 0 Å². The first-order valence-electron chi connectivity index (χ1n) is 4.54. The number of carboxylic acids is 5. The molecule has 0 saturated heterocycles. The van der Waals surface area contributed by atoms with E-state index in [1.807, 2.05) is 0 Å². The Kier molecular flexibility index (Phi) is 70.5. The van der Waals surface area contributed by atoms with Gasteiger partial charge in [0.1, 0.15) is 0 Å². The number of carbonyl (C=O) groups is 5. The summed E-state index contributed by atoms with van der Waals surface area (Å²) < 4.78 is 0. The van der Waals surface area contributed by atoms with Gasteiger partial charge in [0.15, 0.2) is 0 Å². The first-order chi connectivity index (χ1) is 8.66. The number of aliphatic carboxylic acids is 5. The standard InChI is InChI=1S/5C2H4O2.N.Pd/c5*1-2(3)4;;/h5*1H3,(H,3,4);;/q;;;;;+3;+2/p-5. The SMILES string of the molecule is CC(=O)[O-].CC(=O)[O-].CC(=O)[O-].CC(=O)[O-].CC(=O)[O-].[N+3].[Pd+2]. The molecule has 12 heteroatoms. The van der Waals surface area contributed by atoms with Crippen LogP contribution in [0.1, 0.15) is 34.6 Å². The summed E-state index contributed by atoms with van der Waals surface area (Å²) in [6.45, 7) is 4.86. The van der Waals surface area contributed by atoms with Gasteiger partial charge in [-0.1, -0.05) is 0 Å². The summed E-state index contributed by atoms with van der Waals surface area (Å²) in [6, 6.07) is 0. The van der Waals surface area contributed by atoms with Crippen LogP contribution >= 0.6 is 0 Å². The van der Waals surface area contributed by atoms with Crippen LogP contribution in [0.5, 0.6) is 0 Å². The summed E-state index contributed by atoms with van der Waals surface area (Å²) in [5, 5.41) is 44.4. The average Bonchev–Trinajstić information content (AvgIpc) is 1.94. The van der Waals surface area contributed by atoms with E-state index in [1.165, 1.54) is 0 Å². The molecule has 0 unspecified atom stereocenters. The van der Waals surface area contributed by atoms with Gasteiger partial charge in [0.2, 0.25) is 0 Å². The van der Waals surface area contributed by atoms with Gasteiger partial charge in [-0.25, -0.2) is 0 Å². The Morgan fingerprint density at radius 1 is 0.455 bits per heavy atom. The van der Waals surface area contributed by atoms with Gasteiger partial charge in [-0.3, -0.25) is 0 Å². The normalized spacial score (nSPS) is 5.68. The second kappa shape index (κ2) is 36.3. The van der Waals surface area contributed by atoms with Crippen molar-refractivity contribution in [2.75, 3.05) is 0 Å². The predicted octanol–water partition coefficient (Wildman–Crippen LogP) is -6.70. The predicted molar refractivity (Wildman–Crippen MR) is 55.5 cm³/mol. The molecule has 0 atom stereocenters. The third-order valence-corrected chi connectivity index (χ3v) is 0. The van der Waals surface area contributed by atoms with Crippen molar-refractivity contribution in [3.63, 3.8) is 0 Å². The Hall–Kier alpha value is -2.28. The Labute approximate surface area is 141 Å². The molecule has 0 fully saturated rings. The summed E-state index contributed by atoms with van der Waals surface area (Å²) >= 11 is 0. The molecule has 22 heavy (non-hydrogen) atoms. The number of hydrogen-bond acceptors (Lipinski definition) is 10. The van der Waals surface area contributed by atoms with Crippen molar-refractivity contribution in [3.05, 3.63) is 0 Å². The molecule has 0 saturated carbocycles. The van der Waals surface area contributed by atoms with Crippen LogP contribution in [-0.4, -0.2) is 29.8 Å². The fourth-order valence-electron chi connectivity index (χ4n) is 0. The molecule has 0 bridgehead atoms. The van der Waals surface area contributed by atoms with Crippen LogP contribution in [-0.2, 0) is 44.4 Å². The smallest absolute Gasteiger partial charge is 0.550 e. The van der Waals surface area contributed by atoms with Gasteiger partial charge >= 0.3 is 26.6 Å². The van der Waals surface area contributed by atoms with Crippen molar-refractivity contribution in [2.24, 2.45) is 0 Å². The molecule has 0 aromatic heterocycles. The second-order valence-corrected chi connectivity index (χ2v) is 2.46. The first kappa shape index (κ1) is 42.7. The average molecular weight is 416 g/mol. The van der Waals surface area contributed by atoms with E-state index in [0.29, 0.717) is 0 Å². The number of nitrogens with zero attached hydrogens (tertiary/aromatic N) is 1. The summed E-state index contributed by atoms with van der Waals surface area (Å²) in [4.78, 5) is 44.4. The molecule has 0 N–H and O–H groups in total. The summed E-state index contributed by atoms with van der Waals surface area (Å²) in [5.41, 5.74) is 0. The van der Waals surface area contributed by atoms with Crippen molar-refractivity contribution < 1.29 is 69.9 Å². The molecule has 0 rings (SSSR count). The summed E-state index contributed by atoms with van der Waals surface area (Å²) in [6.07, 6.45) is 0. The molecule has 2 radical (unpaired) electrons. The van der Waals surface area contributed by atoms with Crippen LogP contribution in [0.15, 0.2) is 0 Å². The Morgan fingerprint density at radius 3 is 0.455 bits per heavy atom. The number of rotatable bonds is 0. The van der Waals surface area contributed by atoms with Crippen LogP contribution < -0.4 is 31.7 Å². The van der Waals surface area contributed by atoms with E-state index in [9.17, 15) is 0 Å². The molecular weight excluding hydrogens is 401 g/mol. The molecule has 0 amide bonds. The molecular formula is C10H15NO10Pd. The fraction of sp³-hybridized carbons (Fsp3) is 0.500. The minimum Gasteiger partial charge on any atom is -0.550 e. The number of carboxylic acid groups (broad SMARTS) is 5. The fourth-order valence-corrected chi connectivity index (χ4v) is 0. The van der Waals surface area contributed by atoms with Gasteiger partial charge in [-0.15, -0.1) is 0 Å². The molecule has 0 heterocycles. The van der Waals surface area contributed by atoms with Gasteiger partial charge < -0.3 is 49.5 Å². The van der Waals surface area contributed by atoms with E-state index in [0.717, 1.165) is 34.6 Å².